The van der Waals surface area contributed by atoms with Gasteiger partial charge in [0, 0.05) is 30.1 Å². The Kier molecular flexibility index (Phi) is 7.07. The third-order valence-corrected chi connectivity index (χ3v) is 2.71. The summed E-state index contributed by atoms with van der Waals surface area (Å²) in [7, 11) is 3.25. The molecule has 0 bridgehead atoms. The third kappa shape index (κ3) is 7.13. The van der Waals surface area contributed by atoms with Crippen molar-refractivity contribution < 1.29 is 9.53 Å². The van der Waals surface area contributed by atoms with Crippen molar-refractivity contribution in [3.05, 3.63) is 23.5 Å². The lowest BCUT2D eigenvalue weighted by Gasteiger charge is -2.18. The van der Waals surface area contributed by atoms with Gasteiger partial charge in [-0.15, -0.1) is 11.8 Å². The minimum absolute atomic E-state index is 0.104. The molecule has 17 heavy (non-hydrogen) atoms. The molecular formula is C13H21NO2S. The molecule has 0 saturated carbocycles. The molecule has 0 unspecified atom stereocenters. The number of ether oxygens (including phenoxy) is 1. The van der Waals surface area contributed by atoms with Crippen LogP contribution in [-0.2, 0) is 4.74 Å². The first-order valence-corrected chi connectivity index (χ1v) is 6.16. The number of carbonyl (C=O) groups excluding carboxylic acids is 1. The van der Waals surface area contributed by atoms with Crippen molar-refractivity contribution in [1.82, 2.24) is 4.98 Å². The van der Waals surface area contributed by atoms with Crippen LogP contribution >= 0.6 is 11.8 Å². The number of aryl methyl sites for hydroxylation is 1. The van der Waals surface area contributed by atoms with Crippen LogP contribution in [0.15, 0.2) is 17.2 Å². The highest BCUT2D eigenvalue weighted by molar-refractivity contribution is 8.00. The molecule has 4 heteroatoms. The van der Waals surface area contributed by atoms with Gasteiger partial charge < -0.3 is 4.74 Å². The fourth-order valence-electron chi connectivity index (χ4n) is 1.05. The maximum atomic E-state index is 10.7. The van der Waals surface area contributed by atoms with E-state index < -0.39 is 0 Å². The largest absolute Gasteiger partial charge is 0.388 e. The summed E-state index contributed by atoms with van der Waals surface area (Å²) in [5, 5.41) is 0. The van der Waals surface area contributed by atoms with Gasteiger partial charge in [-0.05, 0) is 18.6 Å². The van der Waals surface area contributed by atoms with Crippen LogP contribution in [0.5, 0.6) is 0 Å². The van der Waals surface area contributed by atoms with Crippen molar-refractivity contribution in [2.75, 3.05) is 14.2 Å². The molecule has 96 valence electrons. The zero-order valence-corrected chi connectivity index (χ0v) is 12.2. The van der Waals surface area contributed by atoms with Crippen LogP contribution < -0.4 is 0 Å². The molecule has 3 nitrogen and oxygen atoms in total. The van der Waals surface area contributed by atoms with Crippen molar-refractivity contribution in [1.29, 1.82) is 0 Å². The minimum Gasteiger partial charge on any atom is -0.388 e. The zero-order valence-electron chi connectivity index (χ0n) is 11.4. The number of hydrogen-bond acceptors (Lipinski definition) is 4. The van der Waals surface area contributed by atoms with E-state index in [9.17, 15) is 4.79 Å². The quantitative estimate of drug-likeness (QED) is 0.600. The Morgan fingerprint density at radius 2 is 1.88 bits per heavy atom. The van der Waals surface area contributed by atoms with E-state index in [1.165, 1.54) is 0 Å². The van der Waals surface area contributed by atoms with Gasteiger partial charge in [-0.3, -0.25) is 9.78 Å². The number of hydrogen-bond donors (Lipinski definition) is 0. The van der Waals surface area contributed by atoms with Crippen LogP contribution in [0.3, 0.4) is 0 Å². The van der Waals surface area contributed by atoms with Gasteiger partial charge >= 0.3 is 0 Å². The van der Waals surface area contributed by atoms with Gasteiger partial charge in [0.05, 0.1) is 0 Å². The summed E-state index contributed by atoms with van der Waals surface area (Å²) in [4.78, 5) is 15.8. The van der Waals surface area contributed by atoms with Crippen molar-refractivity contribution >= 4 is 18.0 Å². The predicted octanol–water partition coefficient (Wildman–Crippen LogP) is 3.36. The Labute approximate surface area is 108 Å². The Morgan fingerprint density at radius 3 is 2.29 bits per heavy atom. The Morgan fingerprint density at radius 1 is 1.35 bits per heavy atom. The molecule has 0 aromatic carbocycles. The van der Waals surface area contributed by atoms with Crippen molar-refractivity contribution in [3.8, 4) is 0 Å². The normalized spacial score (nSPS) is 10.5. The fraction of sp³-hybridized carbons (Fsp3) is 0.538. The topological polar surface area (TPSA) is 39.2 Å². The molecular weight excluding hydrogens is 234 g/mol. The lowest BCUT2D eigenvalue weighted by atomic mass is 10.2. The molecule has 1 aromatic heterocycles. The number of methoxy groups -OCH3 is 1. The van der Waals surface area contributed by atoms with Gasteiger partial charge in [-0.1, -0.05) is 20.8 Å². The summed E-state index contributed by atoms with van der Waals surface area (Å²) in [6.07, 6.45) is 2.53. The fourth-order valence-corrected chi connectivity index (χ4v) is 2.16. The number of pyridine rings is 1. The maximum Gasteiger partial charge on any atom is 0.169 e. The van der Waals surface area contributed by atoms with E-state index in [1.54, 1.807) is 32.2 Å². The zero-order chi connectivity index (χ0) is 13.5. The lowest BCUT2D eigenvalue weighted by Crippen LogP contribution is -2.08. The standard InChI is InChI=1S/C11H15NOS.C2H6O/c1-8-5-10(14-11(2,3)4)9(7-13)12-6-8;1-3-2/h5-7H,1-4H3;1-2H3. The van der Waals surface area contributed by atoms with Gasteiger partial charge in [0.1, 0.15) is 5.69 Å². The molecule has 1 heterocycles. The van der Waals surface area contributed by atoms with Crippen LogP contribution in [-0.4, -0.2) is 30.2 Å². The van der Waals surface area contributed by atoms with E-state index in [0.29, 0.717) is 5.69 Å². The van der Waals surface area contributed by atoms with Gasteiger partial charge in [0.25, 0.3) is 0 Å². The molecule has 1 rings (SSSR count). The molecule has 1 aromatic rings. The average molecular weight is 255 g/mol. The Balaban J connectivity index is 0.000000770. The highest BCUT2D eigenvalue weighted by Gasteiger charge is 2.15. The number of aromatic nitrogens is 1. The highest BCUT2D eigenvalue weighted by atomic mass is 32.2. The molecule has 0 radical (unpaired) electrons. The first kappa shape index (κ1) is 16.1. The molecule has 0 spiro atoms. The van der Waals surface area contributed by atoms with E-state index in [2.05, 4.69) is 30.5 Å². The molecule has 0 fully saturated rings. The number of carbonyl (C=O) groups is 1. The van der Waals surface area contributed by atoms with Crippen molar-refractivity contribution in [2.45, 2.75) is 37.3 Å². The minimum atomic E-state index is 0.104. The summed E-state index contributed by atoms with van der Waals surface area (Å²) in [6, 6.07) is 2.01. The SMILES string of the molecule is COC.Cc1cnc(C=O)c(SC(C)(C)C)c1. The molecule has 0 aliphatic rings. The third-order valence-electron chi connectivity index (χ3n) is 1.55. The molecule has 0 atom stereocenters. The van der Waals surface area contributed by atoms with Crippen molar-refractivity contribution in [3.63, 3.8) is 0 Å². The van der Waals surface area contributed by atoms with Crippen LogP contribution in [0.1, 0.15) is 36.8 Å². The van der Waals surface area contributed by atoms with Crippen LogP contribution in [0.4, 0.5) is 0 Å². The van der Waals surface area contributed by atoms with Gasteiger partial charge in [0.2, 0.25) is 0 Å². The second-order valence-electron chi connectivity index (χ2n) is 4.64. The van der Waals surface area contributed by atoms with Gasteiger partial charge in [-0.25, -0.2) is 0 Å². The van der Waals surface area contributed by atoms with Crippen LogP contribution in [0.25, 0.3) is 0 Å². The molecule has 0 aliphatic heterocycles. The highest BCUT2D eigenvalue weighted by Crippen LogP contribution is 2.33. The predicted molar refractivity (Wildman–Crippen MR) is 72.9 cm³/mol. The Bertz CT molecular complexity index is 359. The van der Waals surface area contributed by atoms with Gasteiger partial charge in [0.15, 0.2) is 6.29 Å². The summed E-state index contributed by atoms with van der Waals surface area (Å²) in [6.45, 7) is 8.34. The number of thioether (sulfide) groups is 1. The van der Waals surface area contributed by atoms with E-state index in [4.69, 9.17) is 0 Å². The Hall–Kier alpha value is -0.870. The second-order valence-corrected chi connectivity index (χ2v) is 6.51. The lowest BCUT2D eigenvalue weighted by molar-refractivity contribution is 0.111. The van der Waals surface area contributed by atoms with Crippen LogP contribution in [0.2, 0.25) is 0 Å². The van der Waals surface area contributed by atoms with E-state index in [-0.39, 0.29) is 4.75 Å². The van der Waals surface area contributed by atoms with E-state index in [0.717, 1.165) is 16.7 Å². The van der Waals surface area contributed by atoms with Crippen LogP contribution in [0, 0.1) is 6.92 Å². The van der Waals surface area contributed by atoms with E-state index in [1.807, 2.05) is 13.0 Å². The second kappa shape index (κ2) is 7.45. The summed E-state index contributed by atoms with van der Waals surface area (Å²) in [5.74, 6) is 0. The molecule has 0 aliphatic carbocycles. The first-order valence-electron chi connectivity index (χ1n) is 5.35. The molecule has 0 saturated heterocycles. The number of aldehydes is 1. The number of rotatable bonds is 2. The summed E-state index contributed by atoms with van der Waals surface area (Å²) in [5.41, 5.74) is 1.62. The monoisotopic (exact) mass is 255 g/mol. The molecule has 0 amide bonds. The summed E-state index contributed by atoms with van der Waals surface area (Å²) >= 11 is 1.67. The van der Waals surface area contributed by atoms with Crippen molar-refractivity contribution in [2.24, 2.45) is 0 Å². The smallest absolute Gasteiger partial charge is 0.169 e. The maximum absolute atomic E-state index is 10.7. The van der Waals surface area contributed by atoms with Gasteiger partial charge in [-0.2, -0.15) is 0 Å². The van der Waals surface area contributed by atoms with E-state index >= 15 is 0 Å². The first-order chi connectivity index (χ1) is 7.84. The average Bonchev–Trinajstić information content (AvgIpc) is 2.16. The summed E-state index contributed by atoms with van der Waals surface area (Å²) < 4.78 is 4.35. The molecule has 0 N–H and O–H groups in total. The number of nitrogens with zero attached hydrogens (tertiary/aromatic N) is 1.